The molecule has 0 radical (unpaired) electrons. The van der Waals surface area contributed by atoms with E-state index in [1.807, 2.05) is 37.3 Å². The predicted molar refractivity (Wildman–Crippen MR) is 106 cm³/mol. The SMILES string of the molecule is C[C@H](NCC(=O)N[C@H]1CCN(Cc2ccccc2)C1)c1ccc(Cl)cc1. The zero-order valence-electron chi connectivity index (χ0n) is 15.1. The number of hydrogen-bond donors (Lipinski definition) is 2. The summed E-state index contributed by atoms with van der Waals surface area (Å²) in [7, 11) is 0. The summed E-state index contributed by atoms with van der Waals surface area (Å²) in [5.41, 5.74) is 2.44. The Hall–Kier alpha value is -1.88. The highest BCUT2D eigenvalue weighted by atomic mass is 35.5. The summed E-state index contributed by atoms with van der Waals surface area (Å²) in [6.07, 6.45) is 1.01. The van der Waals surface area contributed by atoms with E-state index >= 15 is 0 Å². The Labute approximate surface area is 160 Å². The maximum absolute atomic E-state index is 12.2. The monoisotopic (exact) mass is 371 g/mol. The Morgan fingerprint density at radius 3 is 2.65 bits per heavy atom. The van der Waals surface area contributed by atoms with Gasteiger partial charge in [0.25, 0.3) is 0 Å². The molecular weight excluding hydrogens is 346 g/mol. The molecule has 1 amide bonds. The Kier molecular flexibility index (Phi) is 6.67. The number of nitrogens with one attached hydrogen (secondary N) is 2. The van der Waals surface area contributed by atoms with Crippen LogP contribution in [0.5, 0.6) is 0 Å². The Morgan fingerprint density at radius 2 is 1.92 bits per heavy atom. The van der Waals surface area contributed by atoms with Crippen LogP contribution in [0, 0.1) is 0 Å². The molecule has 2 aromatic rings. The van der Waals surface area contributed by atoms with Crippen molar-refractivity contribution in [3.8, 4) is 0 Å². The lowest BCUT2D eigenvalue weighted by Crippen LogP contribution is -2.42. The molecule has 1 saturated heterocycles. The fraction of sp³-hybridized carbons (Fsp3) is 0.381. The van der Waals surface area contributed by atoms with E-state index < -0.39 is 0 Å². The first kappa shape index (κ1) is 18.9. The first-order valence-electron chi connectivity index (χ1n) is 9.14. The summed E-state index contributed by atoms with van der Waals surface area (Å²) in [5.74, 6) is 0.0531. The number of rotatable bonds is 7. The molecule has 4 nitrogen and oxygen atoms in total. The maximum atomic E-state index is 12.2. The second-order valence-corrected chi connectivity index (χ2v) is 7.36. The van der Waals surface area contributed by atoms with Gasteiger partial charge in [-0.2, -0.15) is 0 Å². The van der Waals surface area contributed by atoms with Gasteiger partial charge in [-0.1, -0.05) is 54.1 Å². The molecule has 1 heterocycles. The Morgan fingerprint density at radius 1 is 1.19 bits per heavy atom. The minimum absolute atomic E-state index is 0.0531. The molecule has 0 spiro atoms. The van der Waals surface area contributed by atoms with Crippen molar-refractivity contribution in [1.82, 2.24) is 15.5 Å². The summed E-state index contributed by atoms with van der Waals surface area (Å²) in [4.78, 5) is 14.6. The number of halogens is 1. The number of benzene rings is 2. The van der Waals surface area contributed by atoms with Crippen molar-refractivity contribution in [2.45, 2.75) is 32.0 Å². The van der Waals surface area contributed by atoms with Crippen molar-refractivity contribution < 1.29 is 4.79 Å². The molecule has 1 aliphatic heterocycles. The molecule has 3 rings (SSSR count). The van der Waals surface area contributed by atoms with E-state index in [-0.39, 0.29) is 18.0 Å². The van der Waals surface area contributed by atoms with Gasteiger partial charge in [0.2, 0.25) is 5.91 Å². The lowest BCUT2D eigenvalue weighted by molar-refractivity contribution is -0.121. The van der Waals surface area contributed by atoms with Crippen LogP contribution in [0.15, 0.2) is 54.6 Å². The molecule has 0 saturated carbocycles. The van der Waals surface area contributed by atoms with Gasteiger partial charge >= 0.3 is 0 Å². The standard InChI is InChI=1S/C21H26ClN3O/c1-16(18-7-9-19(22)10-8-18)23-13-21(26)24-20-11-12-25(15-20)14-17-5-3-2-4-6-17/h2-10,16,20,23H,11-15H2,1H3,(H,24,26)/t16-,20-/m0/s1. The average Bonchev–Trinajstić information content (AvgIpc) is 3.08. The highest BCUT2D eigenvalue weighted by molar-refractivity contribution is 6.30. The van der Waals surface area contributed by atoms with Crippen molar-refractivity contribution in [3.05, 3.63) is 70.7 Å². The number of hydrogen-bond acceptors (Lipinski definition) is 3. The number of amides is 1. The van der Waals surface area contributed by atoms with Crippen LogP contribution in [0.1, 0.15) is 30.5 Å². The number of likely N-dealkylation sites (tertiary alicyclic amines) is 1. The lowest BCUT2D eigenvalue weighted by Gasteiger charge is -2.18. The van der Waals surface area contributed by atoms with Gasteiger partial charge in [-0.3, -0.25) is 9.69 Å². The highest BCUT2D eigenvalue weighted by Gasteiger charge is 2.23. The van der Waals surface area contributed by atoms with Crippen molar-refractivity contribution >= 4 is 17.5 Å². The zero-order chi connectivity index (χ0) is 18.4. The lowest BCUT2D eigenvalue weighted by atomic mass is 10.1. The van der Waals surface area contributed by atoms with Crippen LogP contribution < -0.4 is 10.6 Å². The molecule has 0 unspecified atom stereocenters. The molecule has 138 valence electrons. The van der Waals surface area contributed by atoms with Crippen LogP contribution >= 0.6 is 11.6 Å². The van der Waals surface area contributed by atoms with Gasteiger partial charge in [-0.15, -0.1) is 0 Å². The summed E-state index contributed by atoms with van der Waals surface area (Å²) >= 11 is 5.91. The van der Waals surface area contributed by atoms with Gasteiger partial charge in [0.05, 0.1) is 6.54 Å². The zero-order valence-corrected chi connectivity index (χ0v) is 15.9. The molecule has 0 aliphatic carbocycles. The maximum Gasteiger partial charge on any atom is 0.234 e. The van der Waals surface area contributed by atoms with Crippen LogP contribution in [-0.4, -0.2) is 36.5 Å². The number of carbonyl (C=O) groups is 1. The second-order valence-electron chi connectivity index (χ2n) is 6.93. The normalized spacial score (nSPS) is 18.6. The quantitative estimate of drug-likeness (QED) is 0.784. The fourth-order valence-corrected chi connectivity index (χ4v) is 3.46. The first-order valence-corrected chi connectivity index (χ1v) is 9.52. The molecule has 1 fully saturated rings. The van der Waals surface area contributed by atoms with E-state index in [4.69, 9.17) is 11.6 Å². The van der Waals surface area contributed by atoms with Gasteiger partial charge in [-0.25, -0.2) is 0 Å². The third-order valence-corrected chi connectivity index (χ3v) is 5.08. The Balaban J connectivity index is 1.39. The van der Waals surface area contributed by atoms with Crippen molar-refractivity contribution in [1.29, 1.82) is 0 Å². The molecule has 5 heteroatoms. The molecule has 0 aromatic heterocycles. The molecule has 1 aliphatic rings. The van der Waals surface area contributed by atoms with Crippen molar-refractivity contribution in [2.75, 3.05) is 19.6 Å². The third kappa shape index (κ3) is 5.56. The number of carbonyl (C=O) groups excluding carboxylic acids is 1. The van der Waals surface area contributed by atoms with E-state index in [0.29, 0.717) is 6.54 Å². The molecule has 2 atom stereocenters. The number of nitrogens with zero attached hydrogens (tertiary/aromatic N) is 1. The van der Waals surface area contributed by atoms with Gasteiger partial charge < -0.3 is 10.6 Å². The first-order chi connectivity index (χ1) is 12.6. The van der Waals surface area contributed by atoms with Gasteiger partial charge in [0, 0.05) is 36.7 Å². The Bertz CT molecular complexity index is 705. The van der Waals surface area contributed by atoms with E-state index in [9.17, 15) is 4.79 Å². The van der Waals surface area contributed by atoms with Crippen LogP contribution in [0.25, 0.3) is 0 Å². The molecular formula is C21H26ClN3O. The van der Waals surface area contributed by atoms with E-state index in [0.717, 1.165) is 36.6 Å². The molecule has 26 heavy (non-hydrogen) atoms. The van der Waals surface area contributed by atoms with E-state index in [1.165, 1.54) is 5.56 Å². The van der Waals surface area contributed by atoms with Crippen molar-refractivity contribution in [3.63, 3.8) is 0 Å². The van der Waals surface area contributed by atoms with E-state index in [1.54, 1.807) is 0 Å². The van der Waals surface area contributed by atoms with E-state index in [2.05, 4.69) is 39.8 Å². The minimum atomic E-state index is 0.0531. The summed E-state index contributed by atoms with van der Waals surface area (Å²) in [5, 5.41) is 7.14. The summed E-state index contributed by atoms with van der Waals surface area (Å²) < 4.78 is 0. The predicted octanol–water partition coefficient (Wildman–Crippen LogP) is 3.38. The topological polar surface area (TPSA) is 44.4 Å². The smallest absolute Gasteiger partial charge is 0.234 e. The van der Waals surface area contributed by atoms with Crippen LogP contribution in [0.3, 0.4) is 0 Å². The van der Waals surface area contributed by atoms with Crippen LogP contribution in [-0.2, 0) is 11.3 Å². The fourth-order valence-electron chi connectivity index (χ4n) is 3.33. The largest absolute Gasteiger partial charge is 0.351 e. The highest BCUT2D eigenvalue weighted by Crippen LogP contribution is 2.16. The van der Waals surface area contributed by atoms with Gasteiger partial charge in [-0.05, 0) is 36.6 Å². The minimum Gasteiger partial charge on any atom is -0.351 e. The van der Waals surface area contributed by atoms with Gasteiger partial charge in [0.15, 0.2) is 0 Å². The second kappa shape index (κ2) is 9.17. The molecule has 2 N–H and O–H groups in total. The summed E-state index contributed by atoms with van der Waals surface area (Å²) in [6.45, 7) is 5.24. The molecule has 2 aromatic carbocycles. The third-order valence-electron chi connectivity index (χ3n) is 4.83. The molecule has 0 bridgehead atoms. The van der Waals surface area contributed by atoms with Crippen LogP contribution in [0.2, 0.25) is 5.02 Å². The van der Waals surface area contributed by atoms with Gasteiger partial charge in [0.1, 0.15) is 0 Å². The van der Waals surface area contributed by atoms with Crippen LogP contribution in [0.4, 0.5) is 0 Å². The summed E-state index contributed by atoms with van der Waals surface area (Å²) in [6, 6.07) is 18.5. The average molecular weight is 372 g/mol. The van der Waals surface area contributed by atoms with Crippen molar-refractivity contribution in [2.24, 2.45) is 0 Å².